The normalized spacial score (nSPS) is 23.2. The van der Waals surface area contributed by atoms with Crippen molar-refractivity contribution in [3.05, 3.63) is 76.6 Å². The fourth-order valence-corrected chi connectivity index (χ4v) is 2.10. The molecule has 146 valence electrons. The van der Waals surface area contributed by atoms with Gasteiger partial charge in [-0.15, -0.1) is 11.3 Å². The van der Waals surface area contributed by atoms with E-state index in [0.717, 1.165) is 0 Å². The van der Waals surface area contributed by atoms with Gasteiger partial charge in [-0.25, -0.2) is 4.98 Å². The second-order valence-corrected chi connectivity index (χ2v) is 5.62. The van der Waals surface area contributed by atoms with Crippen LogP contribution in [0.1, 0.15) is 47.6 Å². The maximum Gasteiger partial charge on any atom is 0.230 e. The van der Waals surface area contributed by atoms with E-state index >= 15 is 0 Å². The number of nitrogens with two attached hydrogens (primary N) is 1. The van der Waals surface area contributed by atoms with E-state index in [0.29, 0.717) is 11.3 Å². The lowest BCUT2D eigenvalue weighted by atomic mass is 10.1. The van der Waals surface area contributed by atoms with Gasteiger partial charge in [0.05, 0.1) is 31.9 Å². The molecule has 3 aromatic rings. The standard InChI is InChI=1S/C21H24N4O2S/c22-21-25-18(14-28-21)12-20(27)24-17-8-6-15(7-9-17)10-11-23-13-19(26)16-4-2-1-3-5-16/h1-9,14,19,23,26H,10-13H2,(H2,22,25)(H,24,27)/t19-/m1/s1/i1D,2D,3D,4D,5D,6D,7D,8D,9D,10D2,11D2,12D2,13D2,14D. The van der Waals surface area contributed by atoms with E-state index in [9.17, 15) is 9.90 Å². The minimum atomic E-state index is -3.72. The Morgan fingerprint density at radius 2 is 2.00 bits per heavy atom. The van der Waals surface area contributed by atoms with Gasteiger partial charge in [0.2, 0.25) is 5.91 Å². The van der Waals surface area contributed by atoms with Crippen molar-refractivity contribution in [1.82, 2.24) is 10.3 Å². The topological polar surface area (TPSA) is 100 Å². The summed E-state index contributed by atoms with van der Waals surface area (Å²) in [7, 11) is 0. The molecule has 0 bridgehead atoms. The van der Waals surface area contributed by atoms with Crippen LogP contribution in [0.25, 0.3) is 0 Å². The molecule has 28 heavy (non-hydrogen) atoms. The number of anilines is 2. The van der Waals surface area contributed by atoms with Gasteiger partial charge >= 0.3 is 0 Å². The minimum Gasteiger partial charge on any atom is -0.387 e. The Labute approximate surface area is 193 Å². The molecule has 0 saturated heterocycles. The summed E-state index contributed by atoms with van der Waals surface area (Å²) in [6, 6.07) is -9.64. The van der Waals surface area contributed by atoms with E-state index in [4.69, 9.17) is 30.4 Å². The molecule has 7 heteroatoms. The molecule has 1 heterocycles. The smallest absolute Gasteiger partial charge is 0.230 e. The Bertz CT molecular complexity index is 1670. The van der Waals surface area contributed by atoms with E-state index < -0.39 is 120 Å². The van der Waals surface area contributed by atoms with Crippen molar-refractivity contribution >= 4 is 28.1 Å². The highest BCUT2D eigenvalue weighted by Gasteiger charge is 2.08. The van der Waals surface area contributed by atoms with Crippen molar-refractivity contribution in [1.29, 1.82) is 0 Å². The summed E-state index contributed by atoms with van der Waals surface area (Å²) < 4.78 is 146. The van der Waals surface area contributed by atoms with Gasteiger partial charge in [0.1, 0.15) is 0 Å². The van der Waals surface area contributed by atoms with Crippen molar-refractivity contribution in [2.75, 3.05) is 24.0 Å². The van der Waals surface area contributed by atoms with Crippen LogP contribution < -0.4 is 16.4 Å². The molecule has 0 fully saturated rings. The molecule has 1 atom stereocenters. The lowest BCUT2D eigenvalue weighted by Crippen LogP contribution is -2.23. The van der Waals surface area contributed by atoms with E-state index in [1.165, 1.54) is 5.32 Å². The van der Waals surface area contributed by atoms with E-state index in [1.807, 2.05) is 5.32 Å². The average Bonchev–Trinajstić information content (AvgIpc) is 3.29. The number of amides is 1. The SMILES string of the molecule is [2H]c1sc(N)nc1C([2H])([2H])C(=O)Nc1c([2H])c([2H])c(C([2H])([2H])C([2H])([2H])NC([2H])([2H])[C@@H](O)c2c([2H])c([2H])c([2H])c([2H])c2[2H])c([2H])c1[2H]. The van der Waals surface area contributed by atoms with Gasteiger partial charge in [-0.2, -0.15) is 0 Å². The Hall–Kier alpha value is -2.74. The van der Waals surface area contributed by atoms with Crippen LogP contribution in [0.4, 0.5) is 10.8 Å². The first-order valence-corrected chi connectivity index (χ1v) is 8.25. The highest BCUT2D eigenvalue weighted by Crippen LogP contribution is 2.14. The molecule has 5 N–H and O–H groups in total. The van der Waals surface area contributed by atoms with Crippen LogP contribution in [0.15, 0.2) is 59.7 Å². The molecule has 1 amide bonds. The summed E-state index contributed by atoms with van der Waals surface area (Å²) in [5.41, 5.74) is 1.54. The summed E-state index contributed by atoms with van der Waals surface area (Å²) >= 11 is 0.556. The third kappa shape index (κ3) is 6.16. The summed E-state index contributed by atoms with van der Waals surface area (Å²) in [5, 5.41) is 13.4. The first-order chi connectivity index (χ1) is 20.7. The van der Waals surface area contributed by atoms with Crippen LogP contribution in [0.3, 0.4) is 0 Å². The van der Waals surface area contributed by atoms with Crippen molar-refractivity contribution in [3.63, 3.8) is 0 Å². The summed E-state index contributed by atoms with van der Waals surface area (Å²) in [5.74, 6) is -1.59. The number of nitrogen functional groups attached to an aromatic ring is 1. The third-order valence-corrected chi connectivity index (χ3v) is 3.42. The summed E-state index contributed by atoms with van der Waals surface area (Å²) in [4.78, 5) is 16.4. The molecule has 0 radical (unpaired) electrons. The van der Waals surface area contributed by atoms with Crippen LogP contribution in [-0.4, -0.2) is 29.0 Å². The largest absolute Gasteiger partial charge is 0.387 e. The van der Waals surface area contributed by atoms with E-state index in [-0.39, 0.29) is 5.13 Å². The monoisotopic (exact) mass is 414 g/mol. The maximum atomic E-state index is 12.8. The Kier molecular flexibility index (Phi) is 2.59. The van der Waals surface area contributed by atoms with Crippen molar-refractivity contribution in [2.45, 2.75) is 18.8 Å². The molecule has 6 nitrogen and oxygen atoms in total. The van der Waals surface area contributed by atoms with Gasteiger partial charge in [-0.05, 0) is 36.1 Å². The number of aliphatic hydroxyl groups is 1. The Balaban J connectivity index is 2.05. The zero-order chi connectivity index (χ0) is 35.6. The number of carbonyl (C=O) groups is 1. The molecule has 1 aromatic heterocycles. The van der Waals surface area contributed by atoms with Gasteiger partial charge in [0.25, 0.3) is 0 Å². The lowest BCUT2D eigenvalue weighted by Gasteiger charge is -2.12. The molecule has 0 aliphatic heterocycles. The van der Waals surface area contributed by atoms with Gasteiger partial charge in [0.15, 0.2) is 5.13 Å². The summed E-state index contributed by atoms with van der Waals surface area (Å²) in [6.07, 6.45) is -9.42. The van der Waals surface area contributed by atoms with Crippen LogP contribution in [0.5, 0.6) is 0 Å². The molecular weight excluding hydrogens is 372 g/mol. The molecule has 0 saturated carbocycles. The lowest BCUT2D eigenvalue weighted by molar-refractivity contribution is -0.115. The molecular formula is C21H24N4O2S. The van der Waals surface area contributed by atoms with Crippen LogP contribution >= 0.6 is 11.3 Å². The fourth-order valence-electron chi connectivity index (χ4n) is 1.67. The van der Waals surface area contributed by atoms with Crippen molar-refractivity contribution < 1.29 is 34.6 Å². The van der Waals surface area contributed by atoms with Gasteiger partial charge < -0.3 is 21.5 Å². The number of hydrogen-bond acceptors (Lipinski definition) is 6. The number of thiazole rings is 1. The van der Waals surface area contributed by atoms with Gasteiger partial charge in [-0.1, -0.05) is 42.3 Å². The predicted octanol–water partition coefficient (Wildman–Crippen LogP) is 2.77. The van der Waals surface area contributed by atoms with Crippen LogP contribution in [0, 0.1) is 0 Å². The Morgan fingerprint density at radius 1 is 1.25 bits per heavy atom. The number of nitrogens with zero attached hydrogens (tertiary/aromatic N) is 1. The highest BCUT2D eigenvalue weighted by atomic mass is 32.1. The molecule has 0 aliphatic rings. The number of aliphatic hydroxyl groups excluding tert-OH is 1. The fraction of sp³-hybridized carbons (Fsp3) is 0.238. The van der Waals surface area contributed by atoms with Gasteiger partial charge in [0, 0.05) is 28.5 Å². The van der Waals surface area contributed by atoms with Gasteiger partial charge in [-0.3, -0.25) is 4.79 Å². The third-order valence-electron chi connectivity index (χ3n) is 2.82. The number of benzene rings is 2. The minimum absolute atomic E-state index is 0.236. The van der Waals surface area contributed by atoms with Crippen molar-refractivity contribution in [3.8, 4) is 0 Å². The predicted molar refractivity (Wildman–Crippen MR) is 113 cm³/mol. The second kappa shape index (κ2) is 9.98. The van der Waals surface area contributed by atoms with Crippen LogP contribution in [-0.2, 0) is 17.5 Å². The Morgan fingerprint density at radius 3 is 2.68 bits per heavy atom. The zero-order valence-corrected chi connectivity index (χ0v) is 14.7. The quantitative estimate of drug-likeness (QED) is 0.431. The first-order valence-electron chi connectivity index (χ1n) is 16.4. The van der Waals surface area contributed by atoms with Crippen LogP contribution in [0.2, 0.25) is 0 Å². The molecule has 3 rings (SSSR count). The number of rotatable bonds is 9. The molecule has 2 aromatic carbocycles. The first kappa shape index (κ1) is 7.26. The maximum absolute atomic E-state index is 12.8. The molecule has 0 spiro atoms. The number of hydrogen-bond donors (Lipinski definition) is 4. The molecule has 0 aliphatic carbocycles. The average molecular weight is 415 g/mol. The zero-order valence-electron chi connectivity index (χ0n) is 31.9. The van der Waals surface area contributed by atoms with E-state index in [2.05, 4.69) is 4.98 Å². The van der Waals surface area contributed by atoms with E-state index in [1.54, 1.807) is 0 Å². The number of nitrogens with one attached hydrogen (secondary N) is 2. The molecule has 0 unspecified atom stereocenters. The van der Waals surface area contributed by atoms with Crippen molar-refractivity contribution in [2.24, 2.45) is 0 Å². The highest BCUT2D eigenvalue weighted by molar-refractivity contribution is 7.13. The summed E-state index contributed by atoms with van der Waals surface area (Å²) in [6.45, 7) is -7.20. The number of carbonyl (C=O) groups excluding carboxylic acids is 1. The number of aromatic nitrogens is 1. The second-order valence-electron chi connectivity index (χ2n) is 4.79.